The highest BCUT2D eigenvalue weighted by atomic mass is 32.1. The van der Waals surface area contributed by atoms with Gasteiger partial charge in [-0.1, -0.05) is 42.5 Å². The zero-order valence-corrected chi connectivity index (χ0v) is 18.0. The lowest BCUT2D eigenvalue weighted by molar-refractivity contribution is -0.140. The summed E-state index contributed by atoms with van der Waals surface area (Å²) in [6, 6.07) is 15.6. The van der Waals surface area contributed by atoms with Crippen molar-refractivity contribution in [1.29, 1.82) is 0 Å². The number of ether oxygens (including phenoxy) is 2. The number of hydrogen-bond acceptors (Lipinski definition) is 4. The number of carbonyl (C=O) groups excluding carboxylic acids is 1. The molecule has 0 fully saturated rings. The lowest BCUT2D eigenvalue weighted by atomic mass is 9.94. The first-order valence-corrected chi connectivity index (χ1v) is 9.94. The van der Waals surface area contributed by atoms with Crippen molar-refractivity contribution in [2.24, 2.45) is 0 Å². The maximum absolute atomic E-state index is 13.1. The summed E-state index contributed by atoms with van der Waals surface area (Å²) >= 11 is 5.72. The van der Waals surface area contributed by atoms with E-state index in [2.05, 4.69) is 23.5 Å². The molecule has 29 heavy (non-hydrogen) atoms. The molecule has 3 rings (SSSR count). The van der Waals surface area contributed by atoms with Crippen molar-refractivity contribution in [3.63, 3.8) is 0 Å². The van der Waals surface area contributed by atoms with E-state index >= 15 is 0 Å². The van der Waals surface area contributed by atoms with Gasteiger partial charge in [0, 0.05) is 12.8 Å². The third kappa shape index (κ3) is 4.49. The molecule has 0 bridgehead atoms. The van der Waals surface area contributed by atoms with Gasteiger partial charge in [-0.3, -0.25) is 4.90 Å². The molecule has 1 N–H and O–H groups in total. The number of carbonyl (C=O) groups is 1. The summed E-state index contributed by atoms with van der Waals surface area (Å²) in [7, 11) is 1.58. The Morgan fingerprint density at radius 2 is 1.83 bits per heavy atom. The Hall–Kier alpha value is -2.70. The van der Waals surface area contributed by atoms with Crippen molar-refractivity contribution in [2.45, 2.75) is 26.8 Å². The van der Waals surface area contributed by atoms with E-state index in [1.54, 1.807) is 7.11 Å². The van der Waals surface area contributed by atoms with Crippen LogP contribution in [0.15, 0.2) is 59.8 Å². The number of esters is 1. The molecule has 2 aromatic carbocycles. The molecule has 0 unspecified atom stereocenters. The van der Waals surface area contributed by atoms with Crippen LogP contribution in [0.5, 0.6) is 0 Å². The molecule has 1 aliphatic heterocycles. The number of allylic oxidation sites excluding steroid dienone is 1. The van der Waals surface area contributed by atoms with Crippen LogP contribution in [0, 0.1) is 13.8 Å². The standard InChI is InChI=1S/C23H26N2O3S/c1-15-10-11-16(2)19(14-15)25-17(3)20(22(26)28-13-12-27-4)21(24-23(25)29)18-8-6-5-7-9-18/h5-11,14,21H,12-13H2,1-4H3,(H,24,29)/t21-/m1/s1. The SMILES string of the molecule is COCCOC(=O)C1=C(C)N(c2cc(C)ccc2C)C(=S)N[C@@H]1c1ccccc1. The molecule has 1 aliphatic rings. The predicted octanol–water partition coefficient (Wildman–Crippen LogP) is 4.20. The number of benzene rings is 2. The Bertz CT molecular complexity index is 940. The number of nitrogens with one attached hydrogen (secondary N) is 1. The van der Waals surface area contributed by atoms with E-state index in [1.807, 2.05) is 56.0 Å². The molecule has 0 saturated carbocycles. The molecule has 0 amide bonds. The monoisotopic (exact) mass is 410 g/mol. The predicted molar refractivity (Wildman–Crippen MR) is 119 cm³/mol. The smallest absolute Gasteiger partial charge is 0.338 e. The van der Waals surface area contributed by atoms with Crippen LogP contribution in [0.1, 0.15) is 29.7 Å². The van der Waals surface area contributed by atoms with E-state index in [-0.39, 0.29) is 18.6 Å². The molecular formula is C23H26N2O3S. The molecule has 152 valence electrons. The molecule has 2 aromatic rings. The van der Waals surface area contributed by atoms with Gasteiger partial charge in [0.05, 0.1) is 23.9 Å². The highest BCUT2D eigenvalue weighted by molar-refractivity contribution is 7.80. The Labute approximate surface area is 177 Å². The number of aryl methyl sites for hydroxylation is 2. The van der Waals surface area contributed by atoms with Gasteiger partial charge in [0.1, 0.15) is 6.61 Å². The molecular weight excluding hydrogens is 384 g/mol. The largest absolute Gasteiger partial charge is 0.460 e. The first-order chi connectivity index (χ1) is 13.9. The molecule has 1 heterocycles. The Balaban J connectivity index is 2.10. The van der Waals surface area contributed by atoms with Crippen molar-refractivity contribution >= 4 is 29.0 Å². The van der Waals surface area contributed by atoms with E-state index in [0.29, 0.717) is 17.3 Å². The van der Waals surface area contributed by atoms with Gasteiger partial charge >= 0.3 is 5.97 Å². The van der Waals surface area contributed by atoms with Crippen LogP contribution < -0.4 is 10.2 Å². The average molecular weight is 411 g/mol. The van der Waals surface area contributed by atoms with Crippen molar-refractivity contribution in [1.82, 2.24) is 5.32 Å². The summed E-state index contributed by atoms with van der Waals surface area (Å²) in [5, 5.41) is 3.90. The third-order valence-electron chi connectivity index (χ3n) is 4.96. The van der Waals surface area contributed by atoms with Crippen molar-refractivity contribution in [3.05, 3.63) is 76.5 Å². The summed E-state index contributed by atoms with van der Waals surface area (Å²) in [5.74, 6) is -0.376. The first kappa shape index (κ1) is 21.0. The normalized spacial score (nSPS) is 16.6. The molecule has 6 heteroatoms. The average Bonchev–Trinajstić information content (AvgIpc) is 2.71. The molecule has 5 nitrogen and oxygen atoms in total. The molecule has 0 aromatic heterocycles. The van der Waals surface area contributed by atoms with Crippen LogP contribution in [0.3, 0.4) is 0 Å². The number of rotatable bonds is 6. The lowest BCUT2D eigenvalue weighted by Gasteiger charge is -2.38. The Morgan fingerprint density at radius 1 is 1.10 bits per heavy atom. The zero-order valence-electron chi connectivity index (χ0n) is 17.2. The van der Waals surface area contributed by atoms with Crippen LogP contribution in [0.2, 0.25) is 0 Å². The number of nitrogens with zero attached hydrogens (tertiary/aromatic N) is 1. The van der Waals surface area contributed by atoms with E-state index in [0.717, 1.165) is 28.1 Å². The summed E-state index contributed by atoms with van der Waals surface area (Å²) in [6.07, 6.45) is 0. The van der Waals surface area contributed by atoms with Crippen LogP contribution in [0.25, 0.3) is 0 Å². The van der Waals surface area contributed by atoms with Gasteiger partial charge in [0.25, 0.3) is 0 Å². The number of methoxy groups -OCH3 is 1. The molecule has 0 saturated heterocycles. The molecule has 0 aliphatic carbocycles. The van der Waals surface area contributed by atoms with Gasteiger partial charge in [0.2, 0.25) is 0 Å². The Kier molecular flexibility index (Phi) is 6.67. The van der Waals surface area contributed by atoms with E-state index in [4.69, 9.17) is 21.7 Å². The second-order valence-electron chi connectivity index (χ2n) is 7.05. The van der Waals surface area contributed by atoms with Crippen molar-refractivity contribution in [3.8, 4) is 0 Å². The van der Waals surface area contributed by atoms with Gasteiger partial charge in [-0.2, -0.15) is 0 Å². The van der Waals surface area contributed by atoms with E-state index < -0.39 is 0 Å². The van der Waals surface area contributed by atoms with Gasteiger partial charge < -0.3 is 14.8 Å². The van der Waals surface area contributed by atoms with Gasteiger partial charge in [-0.25, -0.2) is 4.79 Å². The van der Waals surface area contributed by atoms with E-state index in [1.165, 1.54) is 0 Å². The summed E-state index contributed by atoms with van der Waals surface area (Å²) < 4.78 is 10.5. The second-order valence-corrected chi connectivity index (χ2v) is 7.43. The highest BCUT2D eigenvalue weighted by Gasteiger charge is 2.35. The van der Waals surface area contributed by atoms with Gasteiger partial charge in [0.15, 0.2) is 5.11 Å². The van der Waals surface area contributed by atoms with E-state index in [9.17, 15) is 4.79 Å². The number of hydrogen-bond donors (Lipinski definition) is 1. The molecule has 0 spiro atoms. The minimum atomic E-state index is -0.376. The highest BCUT2D eigenvalue weighted by Crippen LogP contribution is 2.35. The second kappa shape index (κ2) is 9.20. The quantitative estimate of drug-likeness (QED) is 0.438. The summed E-state index contributed by atoms with van der Waals surface area (Å²) in [4.78, 5) is 15.0. The minimum Gasteiger partial charge on any atom is -0.460 e. The molecule has 0 radical (unpaired) electrons. The van der Waals surface area contributed by atoms with Crippen LogP contribution >= 0.6 is 12.2 Å². The van der Waals surface area contributed by atoms with Crippen molar-refractivity contribution in [2.75, 3.05) is 25.2 Å². The zero-order chi connectivity index (χ0) is 21.0. The minimum absolute atomic E-state index is 0.196. The number of thiocarbonyl (C=S) groups is 1. The molecule has 1 atom stereocenters. The fraction of sp³-hybridized carbons (Fsp3) is 0.304. The Morgan fingerprint density at radius 3 is 2.52 bits per heavy atom. The van der Waals surface area contributed by atoms with Crippen LogP contribution in [0.4, 0.5) is 5.69 Å². The van der Waals surface area contributed by atoms with Gasteiger partial charge in [-0.05, 0) is 55.7 Å². The first-order valence-electron chi connectivity index (χ1n) is 9.53. The lowest BCUT2D eigenvalue weighted by Crippen LogP contribution is -2.48. The summed E-state index contributed by atoms with van der Waals surface area (Å²) in [5.41, 5.74) is 5.41. The maximum Gasteiger partial charge on any atom is 0.338 e. The fourth-order valence-corrected chi connectivity index (χ4v) is 3.80. The van der Waals surface area contributed by atoms with Gasteiger partial charge in [-0.15, -0.1) is 0 Å². The maximum atomic E-state index is 13.1. The summed E-state index contributed by atoms with van der Waals surface area (Å²) in [6.45, 7) is 6.53. The number of anilines is 1. The van der Waals surface area contributed by atoms with Crippen molar-refractivity contribution < 1.29 is 14.3 Å². The topological polar surface area (TPSA) is 50.8 Å². The third-order valence-corrected chi connectivity index (χ3v) is 5.26. The van der Waals surface area contributed by atoms with Crippen LogP contribution in [-0.4, -0.2) is 31.4 Å². The fourth-order valence-electron chi connectivity index (χ4n) is 3.45. The van der Waals surface area contributed by atoms with Crippen LogP contribution in [-0.2, 0) is 14.3 Å².